The molecule has 1 aromatic rings. The zero-order valence-electron chi connectivity index (χ0n) is 15.0. The third-order valence-electron chi connectivity index (χ3n) is 5.26. The first-order valence-corrected chi connectivity index (χ1v) is 9.33. The average molecular weight is 359 g/mol. The predicted molar refractivity (Wildman–Crippen MR) is 95.1 cm³/mol. The van der Waals surface area contributed by atoms with Crippen LogP contribution in [0.3, 0.4) is 0 Å². The fourth-order valence-corrected chi connectivity index (χ4v) is 3.39. The Labute approximate surface area is 153 Å². The average Bonchev–Trinajstić information content (AvgIpc) is 3.50. The lowest BCUT2D eigenvalue weighted by atomic mass is 10.2. The number of piperazine rings is 1. The molecular weight excluding hydrogens is 334 g/mol. The molecule has 3 aliphatic rings. The van der Waals surface area contributed by atoms with Crippen LogP contribution in [0.15, 0.2) is 24.3 Å². The molecule has 2 fully saturated rings. The van der Waals surface area contributed by atoms with E-state index in [-0.39, 0.29) is 24.5 Å². The quantitative estimate of drug-likeness (QED) is 0.854. The lowest BCUT2D eigenvalue weighted by Gasteiger charge is -2.39. The minimum atomic E-state index is -0.605. The monoisotopic (exact) mass is 359 g/mol. The van der Waals surface area contributed by atoms with E-state index in [4.69, 9.17) is 9.47 Å². The Balaban J connectivity index is 1.29. The second kappa shape index (κ2) is 7.15. The first-order valence-electron chi connectivity index (χ1n) is 9.33. The van der Waals surface area contributed by atoms with Crippen LogP contribution in [0, 0.1) is 0 Å². The number of hydrogen-bond acceptors (Lipinski definition) is 5. The molecule has 2 aliphatic heterocycles. The van der Waals surface area contributed by atoms with Gasteiger partial charge in [0.2, 0.25) is 12.0 Å². The summed E-state index contributed by atoms with van der Waals surface area (Å²) in [6.45, 7) is 4.74. The SMILES string of the molecule is C[C@H](C(=O)NC1CC1)N1CCN(C(=O)[C@H]2COc3ccccc3O2)CC1. The van der Waals surface area contributed by atoms with E-state index in [1.165, 1.54) is 0 Å². The van der Waals surface area contributed by atoms with Crippen molar-refractivity contribution in [2.45, 2.75) is 38.0 Å². The highest BCUT2D eigenvalue weighted by Gasteiger charge is 2.35. The highest BCUT2D eigenvalue weighted by Crippen LogP contribution is 2.31. The number of rotatable bonds is 4. The van der Waals surface area contributed by atoms with E-state index in [0.29, 0.717) is 43.7 Å². The molecule has 0 bridgehead atoms. The molecule has 4 rings (SSSR count). The number of nitrogens with one attached hydrogen (secondary N) is 1. The summed E-state index contributed by atoms with van der Waals surface area (Å²) in [7, 11) is 0. The van der Waals surface area contributed by atoms with Gasteiger partial charge in [-0.15, -0.1) is 0 Å². The van der Waals surface area contributed by atoms with E-state index in [1.807, 2.05) is 36.1 Å². The molecule has 2 amide bonds. The molecule has 7 heteroatoms. The third-order valence-corrected chi connectivity index (χ3v) is 5.26. The smallest absolute Gasteiger partial charge is 0.267 e. The van der Waals surface area contributed by atoms with Crippen LogP contribution in [0.2, 0.25) is 0 Å². The van der Waals surface area contributed by atoms with Gasteiger partial charge in [-0.25, -0.2) is 0 Å². The first-order chi connectivity index (χ1) is 12.6. The molecule has 0 unspecified atom stereocenters. The molecule has 0 spiro atoms. The number of para-hydroxylation sites is 2. The van der Waals surface area contributed by atoms with E-state index < -0.39 is 6.10 Å². The maximum atomic E-state index is 12.8. The summed E-state index contributed by atoms with van der Waals surface area (Å²) in [5.74, 6) is 1.33. The fourth-order valence-electron chi connectivity index (χ4n) is 3.39. The maximum Gasteiger partial charge on any atom is 0.267 e. The molecule has 7 nitrogen and oxygen atoms in total. The van der Waals surface area contributed by atoms with E-state index in [2.05, 4.69) is 10.2 Å². The summed E-state index contributed by atoms with van der Waals surface area (Å²) < 4.78 is 11.5. The summed E-state index contributed by atoms with van der Waals surface area (Å²) in [6.07, 6.45) is 1.58. The fraction of sp³-hybridized carbons (Fsp3) is 0.579. The third kappa shape index (κ3) is 3.62. The topological polar surface area (TPSA) is 71.1 Å². The van der Waals surface area contributed by atoms with Crippen LogP contribution < -0.4 is 14.8 Å². The Morgan fingerprint density at radius 1 is 1.12 bits per heavy atom. The Kier molecular flexibility index (Phi) is 4.72. The molecular formula is C19H25N3O4. The van der Waals surface area contributed by atoms with Gasteiger partial charge < -0.3 is 19.7 Å². The van der Waals surface area contributed by atoms with E-state index in [1.54, 1.807) is 0 Å². The Morgan fingerprint density at radius 3 is 2.50 bits per heavy atom. The number of hydrogen-bond donors (Lipinski definition) is 1. The first kappa shape index (κ1) is 17.1. The highest BCUT2D eigenvalue weighted by atomic mass is 16.6. The Morgan fingerprint density at radius 2 is 1.81 bits per heavy atom. The standard InChI is InChI=1S/C19H25N3O4/c1-13(18(23)20-14-6-7-14)21-8-10-22(11-9-21)19(24)17-12-25-15-4-2-3-5-16(15)26-17/h2-5,13-14,17H,6-12H2,1H3,(H,20,23)/t13-,17-/m1/s1. The largest absolute Gasteiger partial charge is 0.485 e. The number of benzene rings is 1. The number of carbonyl (C=O) groups excluding carboxylic acids is 2. The predicted octanol–water partition coefficient (Wildman–Crippen LogP) is 0.638. The molecule has 1 aromatic carbocycles. The molecule has 2 atom stereocenters. The van der Waals surface area contributed by atoms with Crippen molar-refractivity contribution in [3.8, 4) is 11.5 Å². The Hall–Kier alpha value is -2.28. The number of ether oxygens (including phenoxy) is 2. The molecule has 140 valence electrons. The van der Waals surface area contributed by atoms with Crippen molar-refractivity contribution in [1.29, 1.82) is 0 Å². The molecule has 1 saturated carbocycles. The summed E-state index contributed by atoms with van der Waals surface area (Å²) >= 11 is 0. The number of fused-ring (bicyclic) bond motifs is 1. The van der Waals surface area contributed by atoms with Gasteiger partial charge in [-0.1, -0.05) is 12.1 Å². The second-order valence-electron chi connectivity index (χ2n) is 7.18. The molecule has 0 aromatic heterocycles. The Bertz CT molecular complexity index is 683. The van der Waals surface area contributed by atoms with Gasteiger partial charge in [0.1, 0.15) is 6.61 Å². The lowest BCUT2D eigenvalue weighted by molar-refractivity contribution is -0.143. The van der Waals surface area contributed by atoms with Gasteiger partial charge in [-0.2, -0.15) is 0 Å². The van der Waals surface area contributed by atoms with Gasteiger partial charge in [0.15, 0.2) is 11.5 Å². The van der Waals surface area contributed by atoms with E-state index in [9.17, 15) is 9.59 Å². The number of nitrogens with zero attached hydrogens (tertiary/aromatic N) is 2. The molecule has 0 radical (unpaired) electrons. The maximum absolute atomic E-state index is 12.8. The van der Waals surface area contributed by atoms with Crippen LogP contribution in [0.5, 0.6) is 11.5 Å². The van der Waals surface area contributed by atoms with Gasteiger partial charge in [0, 0.05) is 32.2 Å². The zero-order valence-corrected chi connectivity index (χ0v) is 15.0. The molecule has 1 saturated heterocycles. The number of amides is 2. The van der Waals surface area contributed by atoms with Crippen LogP contribution in [-0.2, 0) is 9.59 Å². The van der Waals surface area contributed by atoms with Gasteiger partial charge in [0.25, 0.3) is 5.91 Å². The van der Waals surface area contributed by atoms with Crippen molar-refractivity contribution in [2.75, 3.05) is 32.8 Å². The van der Waals surface area contributed by atoms with Crippen molar-refractivity contribution >= 4 is 11.8 Å². The van der Waals surface area contributed by atoms with Crippen molar-refractivity contribution in [3.63, 3.8) is 0 Å². The minimum Gasteiger partial charge on any atom is -0.485 e. The van der Waals surface area contributed by atoms with Crippen LogP contribution in [0.4, 0.5) is 0 Å². The van der Waals surface area contributed by atoms with Crippen LogP contribution in [-0.4, -0.2) is 72.6 Å². The molecule has 26 heavy (non-hydrogen) atoms. The second-order valence-corrected chi connectivity index (χ2v) is 7.18. The van der Waals surface area contributed by atoms with Crippen molar-refractivity contribution in [1.82, 2.24) is 15.1 Å². The summed E-state index contributed by atoms with van der Waals surface area (Å²) in [4.78, 5) is 28.9. The molecule has 1 aliphatic carbocycles. The lowest BCUT2D eigenvalue weighted by Crippen LogP contribution is -2.57. The van der Waals surface area contributed by atoms with E-state index >= 15 is 0 Å². The van der Waals surface area contributed by atoms with E-state index in [0.717, 1.165) is 12.8 Å². The normalized spacial score (nSPS) is 24.0. The van der Waals surface area contributed by atoms with Crippen LogP contribution in [0.25, 0.3) is 0 Å². The molecule has 2 heterocycles. The molecule has 1 N–H and O–H groups in total. The highest BCUT2D eigenvalue weighted by molar-refractivity contribution is 5.83. The summed E-state index contributed by atoms with van der Waals surface area (Å²) in [5.41, 5.74) is 0. The van der Waals surface area contributed by atoms with Crippen molar-refractivity contribution in [2.24, 2.45) is 0 Å². The summed E-state index contributed by atoms with van der Waals surface area (Å²) in [6, 6.07) is 7.61. The zero-order chi connectivity index (χ0) is 18.1. The van der Waals surface area contributed by atoms with Crippen molar-refractivity contribution < 1.29 is 19.1 Å². The number of carbonyl (C=O) groups is 2. The van der Waals surface area contributed by atoms with Gasteiger partial charge in [-0.3, -0.25) is 14.5 Å². The van der Waals surface area contributed by atoms with Gasteiger partial charge in [0.05, 0.1) is 6.04 Å². The van der Waals surface area contributed by atoms with Gasteiger partial charge >= 0.3 is 0 Å². The van der Waals surface area contributed by atoms with Crippen molar-refractivity contribution in [3.05, 3.63) is 24.3 Å². The van der Waals surface area contributed by atoms with Crippen LogP contribution >= 0.6 is 0 Å². The minimum absolute atomic E-state index is 0.0470. The van der Waals surface area contributed by atoms with Gasteiger partial charge in [-0.05, 0) is 31.9 Å². The van der Waals surface area contributed by atoms with Crippen LogP contribution in [0.1, 0.15) is 19.8 Å². The summed E-state index contributed by atoms with van der Waals surface area (Å²) in [5, 5.41) is 3.05.